The number of hydrogen-bond donors (Lipinski definition) is 2. The quantitative estimate of drug-likeness (QED) is 0.656. The Morgan fingerprint density at radius 2 is 2.14 bits per heavy atom. The van der Waals surface area contributed by atoms with Crippen molar-refractivity contribution in [2.45, 2.75) is 25.2 Å². The maximum atomic E-state index is 4.33. The fourth-order valence-corrected chi connectivity index (χ4v) is 3.69. The smallest absolute Gasteiger partial charge is 0.191 e. The molecule has 1 aromatic carbocycles. The van der Waals surface area contributed by atoms with Gasteiger partial charge >= 0.3 is 0 Å². The molecule has 0 radical (unpaired) electrons. The van der Waals surface area contributed by atoms with E-state index in [0.29, 0.717) is 11.8 Å². The Balaban J connectivity index is 1.45. The first-order chi connectivity index (χ1) is 10.8. The highest BCUT2D eigenvalue weighted by molar-refractivity contribution is 7.10. The second kappa shape index (κ2) is 6.97. The molecule has 2 unspecified atom stereocenters. The second-order valence-corrected chi connectivity index (χ2v) is 6.83. The standard InChI is InChI=1S/C18H23N3S/c1-13(17-8-5-9-22-17)11-20-18(19-2)21-12-15-10-14-6-3-4-7-16(14)15/h3-9,13,15H,10-12H2,1-2H3,(H2,19,20,21). The van der Waals surface area contributed by atoms with Crippen LogP contribution in [0.4, 0.5) is 0 Å². The Hall–Kier alpha value is -1.81. The zero-order chi connectivity index (χ0) is 15.4. The topological polar surface area (TPSA) is 36.4 Å². The molecule has 1 aromatic heterocycles. The normalized spacial score (nSPS) is 18.3. The first-order valence-electron chi connectivity index (χ1n) is 7.83. The highest BCUT2D eigenvalue weighted by Gasteiger charge is 2.25. The summed E-state index contributed by atoms with van der Waals surface area (Å²) in [4.78, 5) is 5.74. The van der Waals surface area contributed by atoms with E-state index in [1.165, 1.54) is 22.4 Å². The fourth-order valence-electron chi connectivity index (χ4n) is 2.91. The van der Waals surface area contributed by atoms with Gasteiger partial charge in [-0.15, -0.1) is 11.3 Å². The monoisotopic (exact) mass is 313 g/mol. The van der Waals surface area contributed by atoms with Crippen molar-refractivity contribution >= 4 is 17.3 Å². The SMILES string of the molecule is CN=C(NCC(C)c1cccs1)NCC1Cc2ccccc21. The Bertz CT molecular complexity index is 634. The van der Waals surface area contributed by atoms with Crippen LogP contribution in [-0.4, -0.2) is 26.1 Å². The van der Waals surface area contributed by atoms with Crippen molar-refractivity contribution in [2.24, 2.45) is 4.99 Å². The van der Waals surface area contributed by atoms with Crippen LogP contribution in [0.15, 0.2) is 46.8 Å². The maximum absolute atomic E-state index is 4.33. The Morgan fingerprint density at radius 3 is 2.86 bits per heavy atom. The molecule has 3 nitrogen and oxygen atoms in total. The average Bonchev–Trinajstić information content (AvgIpc) is 3.05. The molecule has 1 heterocycles. The van der Waals surface area contributed by atoms with E-state index in [1.807, 2.05) is 18.4 Å². The van der Waals surface area contributed by atoms with Gasteiger partial charge in [0.05, 0.1) is 0 Å². The molecule has 1 aliphatic rings. The molecule has 0 bridgehead atoms. The lowest BCUT2D eigenvalue weighted by molar-refractivity contribution is 0.581. The van der Waals surface area contributed by atoms with E-state index in [2.05, 4.69) is 64.3 Å². The van der Waals surface area contributed by atoms with E-state index in [1.54, 1.807) is 0 Å². The van der Waals surface area contributed by atoms with E-state index in [4.69, 9.17) is 0 Å². The number of fused-ring (bicyclic) bond motifs is 1. The number of guanidine groups is 1. The average molecular weight is 313 g/mol. The van der Waals surface area contributed by atoms with E-state index in [0.717, 1.165) is 19.0 Å². The van der Waals surface area contributed by atoms with Crippen molar-refractivity contribution in [1.82, 2.24) is 10.6 Å². The van der Waals surface area contributed by atoms with E-state index >= 15 is 0 Å². The minimum Gasteiger partial charge on any atom is -0.356 e. The van der Waals surface area contributed by atoms with Crippen LogP contribution in [0.25, 0.3) is 0 Å². The van der Waals surface area contributed by atoms with Gasteiger partial charge < -0.3 is 10.6 Å². The van der Waals surface area contributed by atoms with Gasteiger partial charge in [0.1, 0.15) is 0 Å². The van der Waals surface area contributed by atoms with Gasteiger partial charge in [0.2, 0.25) is 0 Å². The van der Waals surface area contributed by atoms with Crippen LogP contribution in [0.1, 0.15) is 34.8 Å². The zero-order valence-corrected chi connectivity index (χ0v) is 14.0. The van der Waals surface area contributed by atoms with Crippen molar-refractivity contribution < 1.29 is 0 Å². The first-order valence-corrected chi connectivity index (χ1v) is 8.71. The minimum atomic E-state index is 0.503. The first kappa shape index (κ1) is 15.1. The van der Waals surface area contributed by atoms with Crippen LogP contribution >= 0.6 is 11.3 Å². The Morgan fingerprint density at radius 1 is 1.27 bits per heavy atom. The van der Waals surface area contributed by atoms with Gasteiger partial charge in [-0.1, -0.05) is 37.3 Å². The lowest BCUT2D eigenvalue weighted by Crippen LogP contribution is -2.42. The number of thiophene rings is 1. The predicted molar refractivity (Wildman–Crippen MR) is 95.0 cm³/mol. The second-order valence-electron chi connectivity index (χ2n) is 5.85. The molecule has 22 heavy (non-hydrogen) atoms. The van der Waals surface area contributed by atoms with Crippen LogP contribution in [0, 0.1) is 0 Å². The third kappa shape index (κ3) is 3.33. The van der Waals surface area contributed by atoms with Gasteiger partial charge in [0.25, 0.3) is 0 Å². The van der Waals surface area contributed by atoms with Crippen molar-refractivity contribution in [3.63, 3.8) is 0 Å². The summed E-state index contributed by atoms with van der Waals surface area (Å²) in [5.74, 6) is 2.01. The van der Waals surface area contributed by atoms with Gasteiger partial charge in [-0.05, 0) is 29.0 Å². The highest BCUT2D eigenvalue weighted by Crippen LogP contribution is 2.33. The molecule has 0 spiro atoms. The van der Waals surface area contributed by atoms with Gasteiger partial charge in [0.15, 0.2) is 5.96 Å². The summed E-state index contributed by atoms with van der Waals surface area (Å²) in [6.07, 6.45) is 1.17. The number of nitrogens with one attached hydrogen (secondary N) is 2. The lowest BCUT2D eigenvalue weighted by Gasteiger charge is -2.30. The van der Waals surface area contributed by atoms with Crippen molar-refractivity contribution in [1.29, 1.82) is 0 Å². The van der Waals surface area contributed by atoms with Crippen LogP contribution in [0.3, 0.4) is 0 Å². The summed E-state index contributed by atoms with van der Waals surface area (Å²) in [6, 6.07) is 13.0. The van der Waals surface area contributed by atoms with Gasteiger partial charge in [0, 0.05) is 36.9 Å². The Kier molecular flexibility index (Phi) is 4.78. The van der Waals surface area contributed by atoms with Crippen molar-refractivity contribution in [2.75, 3.05) is 20.1 Å². The molecule has 1 aliphatic carbocycles. The zero-order valence-electron chi connectivity index (χ0n) is 13.2. The molecule has 3 rings (SSSR count). The van der Waals surface area contributed by atoms with Crippen molar-refractivity contribution in [3.05, 3.63) is 57.8 Å². The van der Waals surface area contributed by atoms with Gasteiger partial charge in [-0.3, -0.25) is 4.99 Å². The molecular formula is C18H23N3S. The molecular weight excluding hydrogens is 290 g/mol. The number of rotatable bonds is 5. The van der Waals surface area contributed by atoms with Crippen LogP contribution in [-0.2, 0) is 6.42 Å². The largest absolute Gasteiger partial charge is 0.356 e. The predicted octanol–water partition coefficient (Wildman–Crippen LogP) is 3.36. The summed E-state index contributed by atoms with van der Waals surface area (Å²) in [5, 5.41) is 9.02. The van der Waals surface area contributed by atoms with Gasteiger partial charge in [-0.25, -0.2) is 0 Å². The molecule has 0 saturated heterocycles. The van der Waals surface area contributed by atoms with Crippen LogP contribution in [0.2, 0.25) is 0 Å². The third-order valence-corrected chi connectivity index (χ3v) is 5.41. The molecule has 2 aromatic rings. The van der Waals surface area contributed by atoms with Gasteiger partial charge in [-0.2, -0.15) is 0 Å². The van der Waals surface area contributed by atoms with E-state index < -0.39 is 0 Å². The number of nitrogens with zero attached hydrogens (tertiary/aromatic N) is 1. The molecule has 0 fully saturated rings. The number of benzene rings is 1. The minimum absolute atomic E-state index is 0.503. The Labute approximate surface area is 136 Å². The fraction of sp³-hybridized carbons (Fsp3) is 0.389. The summed E-state index contributed by atoms with van der Waals surface area (Å²) >= 11 is 1.81. The molecule has 0 aliphatic heterocycles. The summed E-state index contributed by atoms with van der Waals surface area (Å²) in [5.41, 5.74) is 2.97. The lowest BCUT2D eigenvalue weighted by atomic mass is 9.78. The molecule has 2 N–H and O–H groups in total. The molecule has 4 heteroatoms. The molecule has 0 amide bonds. The molecule has 116 valence electrons. The maximum Gasteiger partial charge on any atom is 0.191 e. The van der Waals surface area contributed by atoms with Crippen LogP contribution in [0.5, 0.6) is 0 Å². The van der Waals surface area contributed by atoms with Crippen LogP contribution < -0.4 is 10.6 Å². The summed E-state index contributed by atoms with van der Waals surface area (Å²) in [6.45, 7) is 4.10. The van der Waals surface area contributed by atoms with E-state index in [-0.39, 0.29) is 0 Å². The third-order valence-electron chi connectivity index (χ3n) is 4.31. The van der Waals surface area contributed by atoms with Crippen molar-refractivity contribution in [3.8, 4) is 0 Å². The molecule has 0 saturated carbocycles. The summed E-state index contributed by atoms with van der Waals surface area (Å²) < 4.78 is 0. The summed E-state index contributed by atoms with van der Waals surface area (Å²) in [7, 11) is 1.83. The highest BCUT2D eigenvalue weighted by atomic mass is 32.1. The number of aliphatic imine (C=N–C) groups is 1. The van der Waals surface area contributed by atoms with E-state index in [9.17, 15) is 0 Å². The number of hydrogen-bond acceptors (Lipinski definition) is 2. The molecule has 2 atom stereocenters.